The number of carbonyl (C=O) groups excluding carboxylic acids is 1. The van der Waals surface area contributed by atoms with Gasteiger partial charge in [0, 0.05) is 25.2 Å². The first-order valence-corrected chi connectivity index (χ1v) is 7.73. The summed E-state index contributed by atoms with van der Waals surface area (Å²) in [5.41, 5.74) is 1.11. The molecule has 1 aromatic rings. The summed E-state index contributed by atoms with van der Waals surface area (Å²) in [5, 5.41) is 21.2. The minimum Gasteiger partial charge on any atom is -0.389 e. The van der Waals surface area contributed by atoms with Gasteiger partial charge < -0.3 is 10.0 Å². The fraction of sp³-hybridized carbons (Fsp3) is 0.562. The second-order valence-corrected chi connectivity index (χ2v) is 6.38. The van der Waals surface area contributed by atoms with Crippen molar-refractivity contribution in [1.29, 1.82) is 0 Å². The van der Waals surface area contributed by atoms with Crippen molar-refractivity contribution >= 4 is 11.6 Å². The van der Waals surface area contributed by atoms with Crippen molar-refractivity contribution in [2.24, 2.45) is 0 Å². The first-order chi connectivity index (χ1) is 10.5. The molecular weight excluding hydrogens is 284 g/mol. The third-order valence-corrected chi connectivity index (χ3v) is 4.78. The van der Waals surface area contributed by atoms with E-state index in [4.69, 9.17) is 0 Å². The number of carbonyl (C=O) groups is 1. The van der Waals surface area contributed by atoms with Gasteiger partial charge in [0.2, 0.25) is 5.91 Å². The van der Waals surface area contributed by atoms with Gasteiger partial charge in [-0.1, -0.05) is 18.9 Å². The van der Waals surface area contributed by atoms with Crippen LogP contribution in [0, 0.1) is 10.1 Å². The zero-order chi connectivity index (χ0) is 15.7. The number of non-ortho nitro benzene ring substituents is 1. The van der Waals surface area contributed by atoms with E-state index >= 15 is 0 Å². The average molecular weight is 304 g/mol. The van der Waals surface area contributed by atoms with Crippen molar-refractivity contribution in [2.45, 2.75) is 50.7 Å². The summed E-state index contributed by atoms with van der Waals surface area (Å²) < 4.78 is 0. The minimum atomic E-state index is -0.847. The molecule has 6 heteroatoms. The molecule has 0 saturated heterocycles. The van der Waals surface area contributed by atoms with Gasteiger partial charge in [-0.25, -0.2) is 0 Å². The number of benzene rings is 1. The number of aliphatic hydroxyl groups is 1. The molecule has 0 unspecified atom stereocenters. The Morgan fingerprint density at radius 3 is 2.73 bits per heavy atom. The maximum absolute atomic E-state index is 12.4. The second kappa shape index (κ2) is 5.68. The Kier molecular flexibility index (Phi) is 3.87. The molecule has 22 heavy (non-hydrogen) atoms. The molecule has 1 fully saturated rings. The summed E-state index contributed by atoms with van der Waals surface area (Å²) in [6, 6.07) is 4.84. The highest BCUT2D eigenvalue weighted by Gasteiger charge is 2.35. The molecule has 0 atom stereocenters. The van der Waals surface area contributed by atoms with Crippen LogP contribution in [0.1, 0.15) is 43.2 Å². The summed E-state index contributed by atoms with van der Waals surface area (Å²) in [7, 11) is 0. The van der Waals surface area contributed by atoms with Crippen molar-refractivity contribution in [3.63, 3.8) is 0 Å². The van der Waals surface area contributed by atoms with Gasteiger partial charge >= 0.3 is 0 Å². The Morgan fingerprint density at radius 1 is 1.32 bits per heavy atom. The molecule has 0 radical (unpaired) electrons. The van der Waals surface area contributed by atoms with Crippen LogP contribution in [0.4, 0.5) is 5.69 Å². The van der Waals surface area contributed by atoms with E-state index < -0.39 is 10.5 Å². The molecule has 0 bridgehead atoms. The zero-order valence-corrected chi connectivity index (χ0v) is 12.5. The summed E-state index contributed by atoms with van der Waals surface area (Å²) in [4.78, 5) is 24.6. The van der Waals surface area contributed by atoms with Crippen LogP contribution in [0.25, 0.3) is 0 Å². The molecule has 2 aliphatic rings. The highest BCUT2D eigenvalue weighted by atomic mass is 16.6. The molecule has 1 N–H and O–H groups in total. The smallest absolute Gasteiger partial charge is 0.269 e. The van der Waals surface area contributed by atoms with Crippen LogP contribution >= 0.6 is 0 Å². The van der Waals surface area contributed by atoms with Gasteiger partial charge in [-0.3, -0.25) is 14.9 Å². The van der Waals surface area contributed by atoms with Gasteiger partial charge in [0.15, 0.2) is 0 Å². The molecule has 1 aliphatic heterocycles. The molecule has 3 rings (SSSR count). The lowest BCUT2D eigenvalue weighted by atomic mass is 9.95. The standard InChI is InChI=1S/C16H20N2O4/c19-15(10-16(20)6-1-2-7-16)17-8-5-12-3-4-14(18(21)22)9-13(12)11-17/h3-4,9,20H,1-2,5-8,10-11H2. The van der Waals surface area contributed by atoms with Crippen LogP contribution in [0.5, 0.6) is 0 Å². The third kappa shape index (κ3) is 2.97. The van der Waals surface area contributed by atoms with Crippen molar-refractivity contribution in [1.82, 2.24) is 4.90 Å². The zero-order valence-electron chi connectivity index (χ0n) is 12.5. The van der Waals surface area contributed by atoms with Crippen molar-refractivity contribution in [2.75, 3.05) is 6.54 Å². The van der Waals surface area contributed by atoms with Crippen LogP contribution in [0.2, 0.25) is 0 Å². The fourth-order valence-electron chi connectivity index (χ4n) is 3.47. The number of nitro benzene ring substituents is 1. The van der Waals surface area contributed by atoms with Crippen LogP contribution in [-0.4, -0.2) is 33.0 Å². The molecule has 6 nitrogen and oxygen atoms in total. The van der Waals surface area contributed by atoms with E-state index in [1.165, 1.54) is 6.07 Å². The molecule has 118 valence electrons. The van der Waals surface area contributed by atoms with Gasteiger partial charge in [0.1, 0.15) is 0 Å². The first-order valence-electron chi connectivity index (χ1n) is 7.73. The fourth-order valence-corrected chi connectivity index (χ4v) is 3.47. The Bertz CT molecular complexity index is 608. The van der Waals surface area contributed by atoms with E-state index in [0.29, 0.717) is 32.4 Å². The molecule has 1 aromatic carbocycles. The maximum atomic E-state index is 12.4. The van der Waals surface area contributed by atoms with E-state index in [-0.39, 0.29) is 18.0 Å². The molecular formula is C16H20N2O4. The first kappa shape index (κ1) is 15.0. The van der Waals surface area contributed by atoms with Gasteiger partial charge in [-0.15, -0.1) is 0 Å². The van der Waals surface area contributed by atoms with E-state index in [0.717, 1.165) is 24.0 Å². The van der Waals surface area contributed by atoms with Gasteiger partial charge in [-0.2, -0.15) is 0 Å². The Hall–Kier alpha value is -1.95. The Labute approximate surface area is 128 Å². The van der Waals surface area contributed by atoms with Crippen molar-refractivity contribution in [3.8, 4) is 0 Å². The number of amides is 1. The summed E-state index contributed by atoms with van der Waals surface area (Å²) >= 11 is 0. The minimum absolute atomic E-state index is 0.0541. The Balaban J connectivity index is 1.71. The number of hydrogen-bond donors (Lipinski definition) is 1. The number of nitrogens with zero attached hydrogens (tertiary/aromatic N) is 2. The molecule has 1 aliphatic carbocycles. The molecule has 0 aromatic heterocycles. The summed E-state index contributed by atoms with van der Waals surface area (Å²) in [6.45, 7) is 1.01. The third-order valence-electron chi connectivity index (χ3n) is 4.78. The monoisotopic (exact) mass is 304 g/mol. The summed E-state index contributed by atoms with van der Waals surface area (Å²) in [6.07, 6.45) is 4.19. The number of rotatable bonds is 3. The van der Waals surface area contributed by atoms with E-state index in [1.807, 2.05) is 0 Å². The van der Waals surface area contributed by atoms with Gasteiger partial charge in [-0.05, 0) is 30.4 Å². The predicted octanol–water partition coefficient (Wildman–Crippen LogP) is 2.17. The predicted molar refractivity (Wildman–Crippen MR) is 80.3 cm³/mol. The van der Waals surface area contributed by atoms with Crippen molar-refractivity contribution < 1.29 is 14.8 Å². The highest BCUT2D eigenvalue weighted by molar-refractivity contribution is 5.77. The lowest BCUT2D eigenvalue weighted by molar-refractivity contribution is -0.385. The quantitative estimate of drug-likeness (QED) is 0.685. The average Bonchev–Trinajstić information content (AvgIpc) is 2.92. The topological polar surface area (TPSA) is 83.7 Å². The highest BCUT2D eigenvalue weighted by Crippen LogP contribution is 2.33. The SMILES string of the molecule is O=C(CC1(O)CCCC1)N1CCc2ccc([N+](=O)[O-])cc2C1. The largest absolute Gasteiger partial charge is 0.389 e. The van der Waals surface area contributed by atoms with E-state index in [2.05, 4.69) is 0 Å². The van der Waals surface area contributed by atoms with E-state index in [9.17, 15) is 20.0 Å². The van der Waals surface area contributed by atoms with Crippen LogP contribution in [0.15, 0.2) is 18.2 Å². The normalized spacial score (nSPS) is 19.8. The lowest BCUT2D eigenvalue weighted by Crippen LogP contribution is -2.40. The van der Waals surface area contributed by atoms with Gasteiger partial charge in [0.05, 0.1) is 16.9 Å². The lowest BCUT2D eigenvalue weighted by Gasteiger charge is -2.31. The van der Waals surface area contributed by atoms with Crippen LogP contribution in [0.3, 0.4) is 0 Å². The van der Waals surface area contributed by atoms with E-state index in [1.54, 1.807) is 17.0 Å². The van der Waals surface area contributed by atoms with Crippen molar-refractivity contribution in [3.05, 3.63) is 39.4 Å². The maximum Gasteiger partial charge on any atom is 0.269 e. The molecule has 1 heterocycles. The number of nitro groups is 1. The second-order valence-electron chi connectivity index (χ2n) is 6.38. The van der Waals surface area contributed by atoms with Crippen LogP contribution in [-0.2, 0) is 17.8 Å². The number of fused-ring (bicyclic) bond motifs is 1. The Morgan fingerprint density at radius 2 is 2.05 bits per heavy atom. The van der Waals surface area contributed by atoms with Gasteiger partial charge in [0.25, 0.3) is 5.69 Å². The van der Waals surface area contributed by atoms with Crippen LogP contribution < -0.4 is 0 Å². The summed E-state index contributed by atoms with van der Waals surface area (Å²) in [5.74, 6) is -0.0541. The molecule has 1 amide bonds. The molecule has 1 saturated carbocycles. The molecule has 0 spiro atoms. The number of hydrogen-bond acceptors (Lipinski definition) is 4.